The van der Waals surface area contributed by atoms with Gasteiger partial charge in [0.05, 0.1) is 0 Å². The van der Waals surface area contributed by atoms with Crippen LogP contribution in [-0.4, -0.2) is 17.8 Å². The molecule has 0 aliphatic heterocycles. The smallest absolute Gasteiger partial charge is 0.253 e. The molecule has 1 aromatic heterocycles. The Morgan fingerprint density at radius 2 is 1.79 bits per heavy atom. The predicted octanol–water partition coefficient (Wildman–Crippen LogP) is 2.06. The van der Waals surface area contributed by atoms with E-state index in [0.717, 1.165) is 11.5 Å². The number of aromatic nitrogens is 2. The van der Waals surface area contributed by atoms with Crippen LogP contribution in [0.1, 0.15) is 5.82 Å². The van der Waals surface area contributed by atoms with E-state index in [4.69, 9.17) is 0 Å². The van der Waals surface area contributed by atoms with Gasteiger partial charge >= 0.3 is 0 Å². The zero-order valence-electron chi connectivity index (χ0n) is 9.32. The highest BCUT2D eigenvalue weighted by atomic mass is 32.2. The molecule has 0 fully saturated rings. The van der Waals surface area contributed by atoms with Gasteiger partial charge in [0.15, 0.2) is 11.6 Å². The first-order valence-corrected chi connectivity index (χ1v) is 7.03. The van der Waals surface area contributed by atoms with Crippen molar-refractivity contribution in [2.45, 2.75) is 11.8 Å². The van der Waals surface area contributed by atoms with Crippen molar-refractivity contribution >= 4 is 26.7 Å². The molecule has 0 saturated carbocycles. The number of rotatable bonds is 3. The molecule has 19 heavy (non-hydrogen) atoms. The fourth-order valence-corrected chi connectivity index (χ4v) is 3.09. The second-order valence-electron chi connectivity index (χ2n) is 3.45. The lowest BCUT2D eigenvalue weighted by Crippen LogP contribution is -2.15. The Balaban J connectivity index is 2.42. The van der Waals surface area contributed by atoms with Crippen LogP contribution >= 0.6 is 11.5 Å². The number of nitrogens with one attached hydrogen (secondary N) is 1. The number of sulfonamides is 1. The van der Waals surface area contributed by atoms with Crippen LogP contribution in [0.15, 0.2) is 17.0 Å². The number of hydrogen-bond acceptors (Lipinski definition) is 5. The molecule has 0 spiro atoms. The van der Waals surface area contributed by atoms with Crippen molar-refractivity contribution in [2.75, 3.05) is 4.72 Å². The van der Waals surface area contributed by atoms with Crippen molar-refractivity contribution in [3.8, 4) is 0 Å². The van der Waals surface area contributed by atoms with Crippen LogP contribution in [-0.2, 0) is 10.0 Å². The minimum Gasteiger partial charge on any atom is -0.253 e. The molecule has 1 heterocycles. The van der Waals surface area contributed by atoms with Crippen molar-refractivity contribution < 1.29 is 21.6 Å². The molecule has 0 bridgehead atoms. The molecule has 0 atom stereocenters. The maximum atomic E-state index is 13.4. The molecule has 0 aliphatic rings. The van der Waals surface area contributed by atoms with Gasteiger partial charge < -0.3 is 0 Å². The highest BCUT2D eigenvalue weighted by Crippen LogP contribution is 2.22. The van der Waals surface area contributed by atoms with Crippen LogP contribution < -0.4 is 4.72 Å². The summed E-state index contributed by atoms with van der Waals surface area (Å²) in [5.41, 5.74) is 0. The van der Waals surface area contributed by atoms with E-state index in [0.29, 0.717) is 5.82 Å². The van der Waals surface area contributed by atoms with Gasteiger partial charge in [0, 0.05) is 23.7 Å². The second-order valence-corrected chi connectivity index (χ2v) is 5.85. The van der Waals surface area contributed by atoms with Crippen LogP contribution in [0.2, 0.25) is 0 Å². The van der Waals surface area contributed by atoms with E-state index in [9.17, 15) is 21.6 Å². The maximum Gasteiger partial charge on any atom is 0.266 e. The van der Waals surface area contributed by atoms with Crippen molar-refractivity contribution in [3.63, 3.8) is 0 Å². The molecule has 1 aromatic carbocycles. The molecule has 0 saturated heterocycles. The summed E-state index contributed by atoms with van der Waals surface area (Å²) in [7, 11) is -4.39. The Bertz CT molecular complexity index is 730. The van der Waals surface area contributed by atoms with E-state index in [1.165, 1.54) is 6.92 Å². The zero-order chi connectivity index (χ0) is 14.2. The topological polar surface area (TPSA) is 72.0 Å². The van der Waals surface area contributed by atoms with Gasteiger partial charge in [-0.25, -0.2) is 26.6 Å². The molecular weight excluding hydrogens is 303 g/mol. The number of aryl methyl sites for hydroxylation is 1. The molecular formula is C9H6F3N3O2S2. The summed E-state index contributed by atoms with van der Waals surface area (Å²) in [6.07, 6.45) is 0. The van der Waals surface area contributed by atoms with Gasteiger partial charge in [0.1, 0.15) is 16.5 Å². The Hall–Kier alpha value is -1.68. The van der Waals surface area contributed by atoms with E-state index in [2.05, 4.69) is 9.36 Å². The summed E-state index contributed by atoms with van der Waals surface area (Å²) in [5.74, 6) is -4.00. The number of halogens is 3. The number of hydrogen-bond donors (Lipinski definition) is 1. The van der Waals surface area contributed by atoms with Crippen molar-refractivity contribution in [1.82, 2.24) is 9.36 Å². The largest absolute Gasteiger partial charge is 0.266 e. The summed E-state index contributed by atoms with van der Waals surface area (Å²) in [4.78, 5) is 2.72. The molecule has 2 aromatic rings. The monoisotopic (exact) mass is 309 g/mol. The normalized spacial score (nSPS) is 11.6. The van der Waals surface area contributed by atoms with E-state index < -0.39 is 32.4 Å². The van der Waals surface area contributed by atoms with Gasteiger partial charge in [-0.2, -0.15) is 4.37 Å². The maximum absolute atomic E-state index is 13.4. The Morgan fingerprint density at radius 1 is 1.16 bits per heavy atom. The molecule has 5 nitrogen and oxygen atoms in total. The average molecular weight is 309 g/mol. The van der Waals surface area contributed by atoms with Crippen LogP contribution in [0.4, 0.5) is 18.3 Å². The minimum atomic E-state index is -4.39. The third-order valence-corrected chi connectivity index (χ3v) is 4.22. The predicted molar refractivity (Wildman–Crippen MR) is 61.8 cm³/mol. The van der Waals surface area contributed by atoms with Gasteiger partial charge in [-0.05, 0) is 6.92 Å². The van der Waals surface area contributed by atoms with Gasteiger partial charge in [-0.3, -0.25) is 4.72 Å². The summed E-state index contributed by atoms with van der Waals surface area (Å²) in [6, 6.07) is 0.427. The molecule has 0 unspecified atom stereocenters. The highest BCUT2D eigenvalue weighted by Gasteiger charge is 2.23. The van der Waals surface area contributed by atoms with Gasteiger partial charge in [-0.15, -0.1) is 0 Å². The third-order valence-electron chi connectivity index (χ3n) is 2.01. The quantitative estimate of drug-likeness (QED) is 0.881. The van der Waals surface area contributed by atoms with E-state index in [1.54, 1.807) is 0 Å². The third kappa shape index (κ3) is 2.84. The van der Waals surface area contributed by atoms with Crippen LogP contribution in [0.5, 0.6) is 0 Å². The van der Waals surface area contributed by atoms with Crippen LogP contribution in [0.3, 0.4) is 0 Å². The van der Waals surface area contributed by atoms with Gasteiger partial charge in [0.2, 0.25) is 5.13 Å². The van der Waals surface area contributed by atoms with Crippen molar-refractivity contribution in [1.29, 1.82) is 0 Å². The van der Waals surface area contributed by atoms with Crippen LogP contribution in [0.25, 0.3) is 0 Å². The first-order chi connectivity index (χ1) is 8.79. The second kappa shape index (κ2) is 4.78. The Kier molecular flexibility index (Phi) is 3.45. The number of benzene rings is 1. The zero-order valence-corrected chi connectivity index (χ0v) is 10.9. The summed E-state index contributed by atoms with van der Waals surface area (Å²) in [5, 5.41) is -0.0957. The fourth-order valence-electron chi connectivity index (χ4n) is 1.22. The van der Waals surface area contributed by atoms with Crippen molar-refractivity contribution in [2.24, 2.45) is 0 Å². The lowest BCUT2D eigenvalue weighted by molar-refractivity contribution is 0.482. The van der Waals surface area contributed by atoms with E-state index >= 15 is 0 Å². The first kappa shape index (κ1) is 13.7. The van der Waals surface area contributed by atoms with Gasteiger partial charge in [-0.1, -0.05) is 0 Å². The SMILES string of the molecule is Cc1nsc(NS(=O)(=O)c2cc(F)c(F)cc2F)n1. The van der Waals surface area contributed by atoms with E-state index in [1.807, 2.05) is 4.72 Å². The van der Waals surface area contributed by atoms with E-state index in [-0.39, 0.29) is 17.3 Å². The molecule has 1 N–H and O–H groups in total. The number of nitrogens with zero attached hydrogens (tertiary/aromatic N) is 2. The fraction of sp³-hybridized carbons (Fsp3) is 0.111. The number of anilines is 1. The Labute approximate surface area is 110 Å². The molecule has 0 amide bonds. The lowest BCUT2D eigenvalue weighted by atomic mass is 10.3. The van der Waals surface area contributed by atoms with Crippen molar-refractivity contribution in [3.05, 3.63) is 35.4 Å². The lowest BCUT2D eigenvalue weighted by Gasteiger charge is -2.06. The molecule has 10 heteroatoms. The molecule has 2 rings (SSSR count). The first-order valence-electron chi connectivity index (χ1n) is 4.77. The minimum absolute atomic E-state index is 0.0957. The summed E-state index contributed by atoms with van der Waals surface area (Å²) >= 11 is 0.743. The van der Waals surface area contributed by atoms with Gasteiger partial charge in [0.25, 0.3) is 10.0 Å². The average Bonchev–Trinajstić information content (AvgIpc) is 2.68. The molecule has 0 radical (unpaired) electrons. The summed E-state index contributed by atoms with van der Waals surface area (Å²) < 4.78 is 68.3. The van der Waals surface area contributed by atoms with Crippen LogP contribution in [0, 0.1) is 24.4 Å². The Morgan fingerprint density at radius 3 is 2.37 bits per heavy atom. The molecule has 102 valence electrons. The summed E-state index contributed by atoms with van der Waals surface area (Å²) in [6.45, 7) is 1.53. The molecule has 0 aliphatic carbocycles. The standard InChI is InChI=1S/C9H6F3N3O2S2/c1-4-13-9(18-14-4)15-19(16,17)8-3-6(11)5(10)2-7(8)12/h2-3H,1H3,(H,13,14,15). The highest BCUT2D eigenvalue weighted by molar-refractivity contribution is 7.93.